The van der Waals surface area contributed by atoms with Gasteiger partial charge in [0.2, 0.25) is 0 Å². The van der Waals surface area contributed by atoms with E-state index in [0.29, 0.717) is 0 Å². The molecule has 0 aromatic heterocycles. The maximum atomic E-state index is 9.01. The first-order valence-corrected chi connectivity index (χ1v) is 5.61. The maximum Gasteiger partial charge on any atom is 0.163 e. The number of nitriles is 2. The molecule has 3 nitrogen and oxygen atoms in total. The van der Waals surface area contributed by atoms with Gasteiger partial charge in [0.25, 0.3) is 0 Å². The van der Waals surface area contributed by atoms with Crippen LogP contribution in [0.3, 0.4) is 0 Å². The molecular formula is C15H12N2O. The second-order valence-electron chi connectivity index (χ2n) is 3.96. The van der Waals surface area contributed by atoms with E-state index in [4.69, 9.17) is 15.3 Å². The lowest BCUT2D eigenvalue weighted by atomic mass is 9.93. The molecule has 1 unspecified atom stereocenters. The molecule has 2 aromatic carbocycles. The summed E-state index contributed by atoms with van der Waals surface area (Å²) in [6, 6.07) is 17.6. The van der Waals surface area contributed by atoms with Crippen molar-refractivity contribution in [2.45, 2.75) is 6.10 Å². The molecule has 0 N–H and O–H groups in total. The third-order valence-electron chi connectivity index (χ3n) is 2.96. The van der Waals surface area contributed by atoms with Gasteiger partial charge < -0.3 is 4.74 Å². The Hall–Kier alpha value is -2.36. The summed E-state index contributed by atoms with van der Waals surface area (Å²) in [7, 11) is 1.52. The van der Waals surface area contributed by atoms with E-state index in [1.807, 2.05) is 54.6 Å². The number of hydrogen-bond donors (Lipinski definition) is 0. The van der Waals surface area contributed by atoms with Crippen molar-refractivity contribution in [1.82, 2.24) is 0 Å². The minimum absolute atomic E-state index is 0.522. The maximum absolute atomic E-state index is 9.01. The molecule has 18 heavy (non-hydrogen) atoms. The lowest BCUT2D eigenvalue weighted by molar-refractivity contribution is 0.0879. The fourth-order valence-corrected chi connectivity index (χ4v) is 2.11. The van der Waals surface area contributed by atoms with Crippen molar-refractivity contribution in [3.8, 4) is 12.1 Å². The quantitative estimate of drug-likeness (QED) is 0.822. The van der Waals surface area contributed by atoms with Gasteiger partial charge in [-0.2, -0.15) is 10.5 Å². The van der Waals surface area contributed by atoms with Crippen LogP contribution in [0.1, 0.15) is 11.7 Å². The van der Waals surface area contributed by atoms with Crippen LogP contribution in [-0.4, -0.2) is 7.11 Å². The molecule has 0 bridgehead atoms. The van der Waals surface area contributed by atoms with E-state index in [1.165, 1.54) is 7.11 Å². The van der Waals surface area contributed by atoms with E-state index in [2.05, 4.69) is 0 Å². The van der Waals surface area contributed by atoms with Gasteiger partial charge in [0.15, 0.2) is 5.92 Å². The molecular weight excluding hydrogens is 224 g/mol. The Bertz CT molecular complexity index is 617. The van der Waals surface area contributed by atoms with E-state index in [1.54, 1.807) is 0 Å². The van der Waals surface area contributed by atoms with Crippen molar-refractivity contribution in [2.75, 3.05) is 7.11 Å². The minimum atomic E-state index is -0.805. The van der Waals surface area contributed by atoms with Crippen molar-refractivity contribution in [3.63, 3.8) is 0 Å². The molecule has 1 atom stereocenters. The number of methoxy groups -OCH3 is 1. The fourth-order valence-electron chi connectivity index (χ4n) is 2.11. The summed E-state index contributed by atoms with van der Waals surface area (Å²) in [5, 5.41) is 20.1. The van der Waals surface area contributed by atoms with Crippen molar-refractivity contribution in [2.24, 2.45) is 5.92 Å². The first kappa shape index (κ1) is 12.1. The highest BCUT2D eigenvalue weighted by molar-refractivity contribution is 5.86. The van der Waals surface area contributed by atoms with Gasteiger partial charge in [-0.1, -0.05) is 42.5 Å². The summed E-state index contributed by atoms with van der Waals surface area (Å²) in [5.74, 6) is -0.805. The van der Waals surface area contributed by atoms with Crippen LogP contribution in [0.4, 0.5) is 0 Å². The average Bonchev–Trinajstić information content (AvgIpc) is 2.44. The van der Waals surface area contributed by atoms with Gasteiger partial charge in [0.05, 0.1) is 12.1 Å². The van der Waals surface area contributed by atoms with E-state index in [-0.39, 0.29) is 0 Å². The molecule has 88 valence electrons. The van der Waals surface area contributed by atoms with Gasteiger partial charge in [0.1, 0.15) is 6.10 Å². The van der Waals surface area contributed by atoms with Gasteiger partial charge in [-0.25, -0.2) is 0 Å². The SMILES string of the molecule is COC(c1cccc2ccccc12)C(C#N)C#N. The van der Waals surface area contributed by atoms with Crippen LogP contribution >= 0.6 is 0 Å². The Morgan fingerprint density at radius 1 is 1.00 bits per heavy atom. The standard InChI is InChI=1S/C15H12N2O/c1-18-15(12(9-16)10-17)14-8-4-6-11-5-2-3-7-13(11)14/h2-8,12,15H,1H3. The Morgan fingerprint density at radius 2 is 1.67 bits per heavy atom. The number of benzene rings is 2. The summed E-state index contributed by atoms with van der Waals surface area (Å²) in [6.07, 6.45) is -0.522. The molecule has 0 spiro atoms. The van der Waals surface area contributed by atoms with Crippen LogP contribution < -0.4 is 0 Å². The van der Waals surface area contributed by atoms with Crippen molar-refractivity contribution < 1.29 is 4.74 Å². The Balaban J connectivity index is 2.60. The molecule has 0 aliphatic carbocycles. The van der Waals surface area contributed by atoms with E-state index >= 15 is 0 Å². The van der Waals surface area contributed by atoms with Gasteiger partial charge in [-0.05, 0) is 16.3 Å². The zero-order valence-electron chi connectivity index (χ0n) is 10.00. The van der Waals surface area contributed by atoms with Crippen LogP contribution in [0.2, 0.25) is 0 Å². The second-order valence-corrected chi connectivity index (χ2v) is 3.96. The molecule has 0 aliphatic rings. The van der Waals surface area contributed by atoms with Crippen LogP contribution in [0.15, 0.2) is 42.5 Å². The van der Waals surface area contributed by atoms with Crippen LogP contribution in [0.25, 0.3) is 10.8 Å². The molecule has 0 saturated carbocycles. The summed E-state index contributed by atoms with van der Waals surface area (Å²) in [5.41, 5.74) is 0.878. The van der Waals surface area contributed by atoms with Gasteiger partial charge >= 0.3 is 0 Å². The molecule has 0 radical (unpaired) electrons. The molecule has 0 heterocycles. The zero-order chi connectivity index (χ0) is 13.0. The molecule has 0 saturated heterocycles. The normalized spacial score (nSPS) is 12.0. The monoisotopic (exact) mass is 236 g/mol. The molecule has 3 heteroatoms. The van der Waals surface area contributed by atoms with Crippen LogP contribution in [0, 0.1) is 28.6 Å². The minimum Gasteiger partial charge on any atom is -0.374 e. The van der Waals surface area contributed by atoms with E-state index in [0.717, 1.165) is 16.3 Å². The summed E-state index contributed by atoms with van der Waals surface area (Å²) < 4.78 is 5.34. The fraction of sp³-hybridized carbons (Fsp3) is 0.200. The first-order valence-electron chi connectivity index (χ1n) is 5.61. The summed E-state index contributed by atoms with van der Waals surface area (Å²) >= 11 is 0. The Morgan fingerprint density at radius 3 is 2.33 bits per heavy atom. The largest absolute Gasteiger partial charge is 0.374 e. The number of nitrogens with zero attached hydrogens (tertiary/aromatic N) is 2. The third-order valence-corrected chi connectivity index (χ3v) is 2.96. The molecule has 0 aliphatic heterocycles. The van der Waals surface area contributed by atoms with Gasteiger partial charge in [-0.15, -0.1) is 0 Å². The topological polar surface area (TPSA) is 56.8 Å². The van der Waals surface area contributed by atoms with Crippen molar-refractivity contribution in [3.05, 3.63) is 48.0 Å². The van der Waals surface area contributed by atoms with Gasteiger partial charge in [0, 0.05) is 7.11 Å². The third kappa shape index (κ3) is 2.05. The van der Waals surface area contributed by atoms with E-state index in [9.17, 15) is 0 Å². The lowest BCUT2D eigenvalue weighted by Crippen LogP contribution is -2.12. The highest BCUT2D eigenvalue weighted by Crippen LogP contribution is 2.30. The molecule has 0 fully saturated rings. The van der Waals surface area contributed by atoms with Crippen LogP contribution in [-0.2, 0) is 4.74 Å². The zero-order valence-corrected chi connectivity index (χ0v) is 10.00. The van der Waals surface area contributed by atoms with E-state index < -0.39 is 12.0 Å². The highest BCUT2D eigenvalue weighted by Gasteiger charge is 2.24. The van der Waals surface area contributed by atoms with Crippen molar-refractivity contribution in [1.29, 1.82) is 10.5 Å². The Labute approximate surface area is 106 Å². The van der Waals surface area contributed by atoms with Gasteiger partial charge in [-0.3, -0.25) is 0 Å². The smallest absolute Gasteiger partial charge is 0.163 e. The average molecular weight is 236 g/mol. The van der Waals surface area contributed by atoms with Crippen LogP contribution in [0.5, 0.6) is 0 Å². The number of rotatable bonds is 3. The second kappa shape index (κ2) is 5.31. The van der Waals surface area contributed by atoms with Crippen molar-refractivity contribution >= 4 is 10.8 Å². The Kier molecular flexibility index (Phi) is 3.57. The molecule has 2 rings (SSSR count). The highest BCUT2D eigenvalue weighted by atomic mass is 16.5. The number of hydrogen-bond acceptors (Lipinski definition) is 3. The molecule has 2 aromatic rings. The number of ether oxygens (including phenoxy) is 1. The lowest BCUT2D eigenvalue weighted by Gasteiger charge is -2.18. The summed E-state index contributed by atoms with van der Waals surface area (Å²) in [4.78, 5) is 0. The number of fused-ring (bicyclic) bond motifs is 1. The predicted octanol–water partition coefficient (Wildman–Crippen LogP) is 3.19. The molecule has 0 amide bonds. The summed E-state index contributed by atoms with van der Waals surface area (Å²) in [6.45, 7) is 0. The first-order chi connectivity index (χ1) is 8.81. The predicted molar refractivity (Wildman–Crippen MR) is 68.4 cm³/mol.